The molecule has 0 aliphatic carbocycles. The number of benzene rings is 1. The fourth-order valence-corrected chi connectivity index (χ4v) is 2.63. The molecule has 120 valence electrons. The number of aromatic nitrogens is 2. The number of allylic oxidation sites excluding steroid dienone is 1. The van der Waals surface area contributed by atoms with E-state index in [0.29, 0.717) is 22.0 Å². The number of nitriles is 1. The Morgan fingerprint density at radius 3 is 2.80 bits per heavy atom. The third-order valence-corrected chi connectivity index (χ3v) is 3.65. The molecule has 0 saturated heterocycles. The van der Waals surface area contributed by atoms with E-state index in [9.17, 15) is 18.2 Å². The summed E-state index contributed by atoms with van der Waals surface area (Å²) in [6.45, 7) is 0. The average molecular weight is 363 g/mol. The Kier molecular flexibility index (Phi) is 6.00. The monoisotopic (exact) mass is 363 g/mol. The first-order chi connectivity index (χ1) is 11.5. The van der Waals surface area contributed by atoms with E-state index in [1.54, 1.807) is 42.9 Å². The molecule has 0 amide bonds. The Hall–Kier alpha value is -2.15. The van der Waals surface area contributed by atoms with Crippen molar-refractivity contribution in [3.8, 4) is 11.8 Å². The Morgan fingerprint density at radius 1 is 1.36 bits per heavy atom. The summed E-state index contributed by atoms with van der Waals surface area (Å²) < 4.78 is 36.6. The maximum atomic E-state index is 10.7. The van der Waals surface area contributed by atoms with Gasteiger partial charge in [-0.1, -0.05) is 6.07 Å². The Bertz CT molecular complexity index is 1070. The maximum Gasteiger partial charge on any atom is 1.00 e. The molecule has 1 N–H and O–H groups in total. The van der Waals surface area contributed by atoms with Gasteiger partial charge in [0.05, 0.1) is 11.6 Å². The Balaban J connectivity index is 0.00000225. The molecule has 2 heterocycles. The number of fused-ring (bicyclic) bond motifs is 1. The van der Waals surface area contributed by atoms with Crippen LogP contribution in [0.15, 0.2) is 48.9 Å². The van der Waals surface area contributed by atoms with Gasteiger partial charge in [-0.25, -0.2) is 8.42 Å². The number of hydrogen-bond donors (Lipinski definition) is 1. The summed E-state index contributed by atoms with van der Waals surface area (Å²) in [5, 5.41) is 10.0. The fraction of sp³-hybridized carbons (Fsp3) is 0. The van der Waals surface area contributed by atoms with E-state index in [1.165, 1.54) is 12.1 Å². The summed E-state index contributed by atoms with van der Waals surface area (Å²) in [6.07, 6.45) is 6.53. The molecular formula is C16H10N3NaO4S. The summed E-state index contributed by atoms with van der Waals surface area (Å²) >= 11 is 0. The maximum absolute atomic E-state index is 10.7. The number of aromatic amines is 1. The first-order valence-corrected chi connectivity index (χ1v) is 8.08. The second-order valence-corrected chi connectivity index (χ2v) is 5.84. The fourth-order valence-electron chi connectivity index (χ4n) is 2.29. The van der Waals surface area contributed by atoms with Crippen LogP contribution in [0, 0.1) is 11.3 Å². The van der Waals surface area contributed by atoms with E-state index in [1.807, 2.05) is 0 Å². The quantitative estimate of drug-likeness (QED) is 0.288. The summed E-state index contributed by atoms with van der Waals surface area (Å²) in [6, 6.07) is 9.98. The molecule has 1 aromatic carbocycles. The van der Waals surface area contributed by atoms with Crippen LogP contribution in [0.1, 0.15) is 11.1 Å². The molecule has 0 spiro atoms. The minimum atomic E-state index is -4.86. The van der Waals surface area contributed by atoms with Crippen molar-refractivity contribution >= 4 is 33.0 Å². The van der Waals surface area contributed by atoms with Crippen molar-refractivity contribution < 1.29 is 46.7 Å². The number of rotatable bonds is 4. The van der Waals surface area contributed by atoms with Crippen LogP contribution in [0.5, 0.6) is 5.75 Å². The molecule has 0 saturated carbocycles. The van der Waals surface area contributed by atoms with Crippen molar-refractivity contribution in [2.24, 2.45) is 0 Å². The van der Waals surface area contributed by atoms with Crippen molar-refractivity contribution in [1.82, 2.24) is 9.97 Å². The molecule has 0 aliphatic heterocycles. The molecule has 0 bridgehead atoms. The molecule has 25 heavy (non-hydrogen) atoms. The first kappa shape index (κ1) is 19.2. The zero-order chi connectivity index (χ0) is 17.2. The SMILES string of the molecule is N#C/C(=C\c1cccnc1)c1c[nH]c2ccc(OS(=O)(=O)[O-])cc12.[Na+]. The Labute approximate surface area is 166 Å². The van der Waals surface area contributed by atoms with Crippen LogP contribution in [-0.4, -0.2) is 22.9 Å². The van der Waals surface area contributed by atoms with Gasteiger partial charge in [0.1, 0.15) is 5.75 Å². The van der Waals surface area contributed by atoms with Gasteiger partial charge in [0, 0.05) is 35.1 Å². The molecule has 7 nitrogen and oxygen atoms in total. The van der Waals surface area contributed by atoms with E-state index >= 15 is 0 Å². The number of nitrogens with one attached hydrogen (secondary N) is 1. The van der Waals surface area contributed by atoms with E-state index in [2.05, 4.69) is 20.2 Å². The normalized spacial score (nSPS) is 11.6. The number of nitrogens with zero attached hydrogens (tertiary/aromatic N) is 2. The standard InChI is InChI=1S/C16H11N3O4S.Na/c17-8-12(6-11-2-1-5-18-9-11)15-10-19-16-4-3-13(7-14(15)16)23-24(20,21)22;/h1-7,9-10,19H,(H,20,21,22);/q;+1/p-1/b12-6+;. The van der Waals surface area contributed by atoms with Crippen LogP contribution in [0.3, 0.4) is 0 Å². The minimum absolute atomic E-state index is 0. The van der Waals surface area contributed by atoms with Crippen molar-refractivity contribution in [3.05, 3.63) is 60.0 Å². The molecule has 2 aromatic heterocycles. The number of H-pyrrole nitrogens is 1. The molecule has 0 atom stereocenters. The van der Waals surface area contributed by atoms with E-state index in [4.69, 9.17) is 0 Å². The number of hydrogen-bond acceptors (Lipinski definition) is 6. The summed E-state index contributed by atoms with van der Waals surface area (Å²) in [4.78, 5) is 6.97. The van der Waals surface area contributed by atoms with Crippen LogP contribution in [-0.2, 0) is 10.4 Å². The van der Waals surface area contributed by atoms with Crippen LogP contribution in [0.2, 0.25) is 0 Å². The zero-order valence-corrected chi connectivity index (χ0v) is 15.9. The third kappa shape index (κ3) is 4.69. The summed E-state index contributed by atoms with van der Waals surface area (Å²) in [5.41, 5.74) is 2.34. The molecule has 0 unspecified atom stereocenters. The van der Waals surface area contributed by atoms with Crippen molar-refractivity contribution in [1.29, 1.82) is 5.26 Å². The predicted octanol–water partition coefficient (Wildman–Crippen LogP) is -0.530. The zero-order valence-electron chi connectivity index (χ0n) is 13.1. The van der Waals surface area contributed by atoms with Gasteiger partial charge in [-0.05, 0) is 35.9 Å². The van der Waals surface area contributed by atoms with E-state index in [-0.39, 0.29) is 35.3 Å². The van der Waals surface area contributed by atoms with Crippen LogP contribution in [0.25, 0.3) is 22.6 Å². The predicted molar refractivity (Wildman–Crippen MR) is 86.3 cm³/mol. The van der Waals surface area contributed by atoms with Gasteiger partial charge in [-0.15, -0.1) is 0 Å². The second kappa shape index (κ2) is 7.82. The molecule has 0 aliphatic rings. The summed E-state index contributed by atoms with van der Waals surface area (Å²) in [7, 11) is -4.86. The van der Waals surface area contributed by atoms with E-state index < -0.39 is 10.4 Å². The Morgan fingerprint density at radius 2 is 2.16 bits per heavy atom. The van der Waals surface area contributed by atoms with Crippen LogP contribution >= 0.6 is 0 Å². The van der Waals surface area contributed by atoms with Gasteiger partial charge in [-0.3, -0.25) is 4.98 Å². The molecule has 0 radical (unpaired) electrons. The van der Waals surface area contributed by atoms with Crippen LogP contribution < -0.4 is 33.7 Å². The van der Waals surface area contributed by atoms with E-state index in [0.717, 1.165) is 5.56 Å². The molecule has 3 aromatic rings. The van der Waals surface area contributed by atoms with Gasteiger partial charge in [-0.2, -0.15) is 5.26 Å². The molecule has 3 rings (SSSR count). The molecular weight excluding hydrogens is 353 g/mol. The number of pyridine rings is 1. The van der Waals surface area contributed by atoms with Crippen molar-refractivity contribution in [3.63, 3.8) is 0 Å². The average Bonchev–Trinajstić information content (AvgIpc) is 2.95. The van der Waals surface area contributed by atoms with Crippen molar-refractivity contribution in [2.45, 2.75) is 0 Å². The molecule has 0 fully saturated rings. The first-order valence-electron chi connectivity index (χ1n) is 6.75. The second-order valence-electron chi connectivity index (χ2n) is 4.86. The smallest absolute Gasteiger partial charge is 0.716 e. The van der Waals surface area contributed by atoms with Gasteiger partial charge in [0.25, 0.3) is 10.4 Å². The molecule has 9 heteroatoms. The summed E-state index contributed by atoms with van der Waals surface area (Å²) in [5.74, 6) is -0.114. The van der Waals surface area contributed by atoms with Gasteiger partial charge in [0.15, 0.2) is 0 Å². The minimum Gasteiger partial charge on any atom is -0.716 e. The van der Waals surface area contributed by atoms with Gasteiger partial charge >= 0.3 is 29.6 Å². The van der Waals surface area contributed by atoms with Gasteiger partial charge < -0.3 is 13.7 Å². The van der Waals surface area contributed by atoms with Gasteiger partial charge in [0.2, 0.25) is 0 Å². The van der Waals surface area contributed by atoms with Crippen molar-refractivity contribution in [2.75, 3.05) is 0 Å². The third-order valence-electron chi connectivity index (χ3n) is 3.26. The largest absolute Gasteiger partial charge is 1.00 e. The van der Waals surface area contributed by atoms with Crippen LogP contribution in [0.4, 0.5) is 0 Å². The topological polar surface area (TPSA) is 119 Å².